The quantitative estimate of drug-likeness (QED) is 0.918. The van der Waals surface area contributed by atoms with E-state index >= 15 is 0 Å². The summed E-state index contributed by atoms with van der Waals surface area (Å²) >= 11 is 0. The summed E-state index contributed by atoms with van der Waals surface area (Å²) in [5, 5.41) is 8.83. The van der Waals surface area contributed by atoms with Crippen molar-refractivity contribution >= 4 is 11.9 Å². The second-order valence-electron chi connectivity index (χ2n) is 5.56. The molecule has 0 aromatic heterocycles. The fourth-order valence-electron chi connectivity index (χ4n) is 2.70. The van der Waals surface area contributed by atoms with Gasteiger partial charge in [-0.15, -0.1) is 0 Å². The summed E-state index contributed by atoms with van der Waals surface area (Å²) in [6.07, 6.45) is 0.905. The number of methoxy groups -OCH3 is 1. The zero-order chi connectivity index (χ0) is 15.4. The van der Waals surface area contributed by atoms with Crippen LogP contribution in [0, 0.1) is 5.92 Å². The normalized spacial score (nSPS) is 22.1. The molecule has 1 aliphatic rings. The van der Waals surface area contributed by atoms with Crippen LogP contribution in [0.4, 0.5) is 0 Å². The Morgan fingerprint density at radius 2 is 2.19 bits per heavy atom. The summed E-state index contributed by atoms with van der Waals surface area (Å²) in [7, 11) is 1.67. The lowest BCUT2D eigenvalue weighted by Gasteiger charge is -2.36. The minimum absolute atomic E-state index is 0.0591. The molecule has 1 saturated heterocycles. The molecule has 2 rings (SSSR count). The van der Waals surface area contributed by atoms with Gasteiger partial charge in [0.2, 0.25) is 0 Å². The highest BCUT2D eigenvalue weighted by atomic mass is 16.5. The molecular formula is C16H21NO4. The molecule has 5 heteroatoms. The van der Waals surface area contributed by atoms with Gasteiger partial charge in [0.25, 0.3) is 5.91 Å². The second-order valence-corrected chi connectivity index (χ2v) is 5.56. The number of rotatable bonds is 4. The molecular weight excluding hydrogens is 270 g/mol. The first kappa shape index (κ1) is 15.5. The smallest absolute Gasteiger partial charge is 0.307 e. The van der Waals surface area contributed by atoms with Crippen molar-refractivity contribution in [2.45, 2.75) is 25.9 Å². The minimum atomic E-state index is -0.897. The molecule has 0 spiro atoms. The summed E-state index contributed by atoms with van der Waals surface area (Å²) in [6.45, 7) is 3.42. The molecule has 114 valence electrons. The van der Waals surface area contributed by atoms with Crippen molar-refractivity contribution in [3.05, 3.63) is 35.4 Å². The van der Waals surface area contributed by atoms with Crippen LogP contribution in [0.25, 0.3) is 0 Å². The van der Waals surface area contributed by atoms with Gasteiger partial charge in [-0.2, -0.15) is 0 Å². The van der Waals surface area contributed by atoms with Gasteiger partial charge in [0.05, 0.1) is 12.5 Å². The third kappa shape index (κ3) is 3.82. The maximum absolute atomic E-state index is 12.5. The SMILES string of the molecule is CO[C@@H]1CN(C(=O)c2cccc(CC(=O)O)c2)CC[C@H]1C. The van der Waals surface area contributed by atoms with Crippen molar-refractivity contribution in [3.63, 3.8) is 0 Å². The Morgan fingerprint density at radius 3 is 2.86 bits per heavy atom. The highest BCUT2D eigenvalue weighted by Crippen LogP contribution is 2.21. The topological polar surface area (TPSA) is 66.8 Å². The molecule has 1 aromatic carbocycles. The maximum atomic E-state index is 12.5. The third-order valence-electron chi connectivity index (χ3n) is 4.01. The Bertz CT molecular complexity index is 529. The van der Waals surface area contributed by atoms with Crippen LogP contribution in [0.5, 0.6) is 0 Å². The number of carboxylic acids is 1. The molecule has 2 atom stereocenters. The third-order valence-corrected chi connectivity index (χ3v) is 4.01. The number of aliphatic carboxylic acids is 1. The van der Waals surface area contributed by atoms with Crippen LogP contribution in [-0.2, 0) is 16.0 Å². The first-order valence-corrected chi connectivity index (χ1v) is 7.14. The predicted octanol–water partition coefficient (Wildman–Crippen LogP) is 1.81. The molecule has 21 heavy (non-hydrogen) atoms. The standard InChI is InChI=1S/C16H21NO4/c1-11-6-7-17(10-14(11)21-2)16(20)13-5-3-4-12(8-13)9-15(18)19/h3-5,8,11,14H,6-7,9-10H2,1-2H3,(H,18,19)/t11-,14-/m1/s1. The van der Waals surface area contributed by atoms with Gasteiger partial charge in [-0.1, -0.05) is 19.1 Å². The molecule has 1 heterocycles. The van der Waals surface area contributed by atoms with Crippen molar-refractivity contribution < 1.29 is 19.4 Å². The number of nitrogens with zero attached hydrogens (tertiary/aromatic N) is 1. The van der Waals surface area contributed by atoms with E-state index in [-0.39, 0.29) is 18.4 Å². The van der Waals surface area contributed by atoms with Crippen molar-refractivity contribution in [1.82, 2.24) is 4.90 Å². The number of likely N-dealkylation sites (tertiary alicyclic amines) is 1. The summed E-state index contributed by atoms with van der Waals surface area (Å²) < 4.78 is 5.42. The Kier molecular flexibility index (Phi) is 4.96. The van der Waals surface area contributed by atoms with Crippen LogP contribution in [0.15, 0.2) is 24.3 Å². The number of hydrogen-bond acceptors (Lipinski definition) is 3. The Morgan fingerprint density at radius 1 is 1.43 bits per heavy atom. The Hall–Kier alpha value is -1.88. The molecule has 1 amide bonds. The molecule has 0 aliphatic carbocycles. The predicted molar refractivity (Wildman–Crippen MR) is 78.3 cm³/mol. The first-order chi connectivity index (χ1) is 10.0. The van der Waals surface area contributed by atoms with Gasteiger partial charge in [0.1, 0.15) is 0 Å². The Labute approximate surface area is 124 Å². The molecule has 0 saturated carbocycles. The van der Waals surface area contributed by atoms with Crippen molar-refractivity contribution in [2.75, 3.05) is 20.2 Å². The molecule has 1 aromatic rings. The van der Waals surface area contributed by atoms with Gasteiger partial charge in [-0.05, 0) is 30.0 Å². The lowest BCUT2D eigenvalue weighted by Crippen LogP contribution is -2.46. The van der Waals surface area contributed by atoms with E-state index in [1.54, 1.807) is 36.3 Å². The summed E-state index contributed by atoms with van der Waals surface area (Å²) in [5.74, 6) is -0.514. The zero-order valence-corrected chi connectivity index (χ0v) is 12.4. The summed E-state index contributed by atoms with van der Waals surface area (Å²) in [6, 6.07) is 6.84. The fraction of sp³-hybridized carbons (Fsp3) is 0.500. The number of benzene rings is 1. The number of carbonyl (C=O) groups excluding carboxylic acids is 1. The van der Waals surface area contributed by atoms with Gasteiger partial charge in [-0.3, -0.25) is 9.59 Å². The Balaban J connectivity index is 2.11. The number of ether oxygens (including phenoxy) is 1. The van der Waals surface area contributed by atoms with Gasteiger partial charge in [0.15, 0.2) is 0 Å². The molecule has 1 fully saturated rings. The fourth-order valence-corrected chi connectivity index (χ4v) is 2.70. The van der Waals surface area contributed by atoms with Crippen LogP contribution in [0.2, 0.25) is 0 Å². The van der Waals surface area contributed by atoms with E-state index in [0.717, 1.165) is 6.42 Å². The molecule has 1 aliphatic heterocycles. The van der Waals surface area contributed by atoms with Crippen molar-refractivity contribution in [1.29, 1.82) is 0 Å². The van der Waals surface area contributed by atoms with E-state index in [0.29, 0.717) is 30.1 Å². The monoisotopic (exact) mass is 291 g/mol. The van der Waals surface area contributed by atoms with E-state index in [9.17, 15) is 9.59 Å². The molecule has 5 nitrogen and oxygen atoms in total. The van der Waals surface area contributed by atoms with Gasteiger partial charge >= 0.3 is 5.97 Å². The lowest BCUT2D eigenvalue weighted by atomic mass is 9.95. The van der Waals surface area contributed by atoms with E-state index < -0.39 is 5.97 Å². The molecule has 1 N–H and O–H groups in total. The van der Waals surface area contributed by atoms with Crippen LogP contribution in [0.3, 0.4) is 0 Å². The molecule has 0 bridgehead atoms. The summed E-state index contributed by atoms with van der Waals surface area (Å²) in [4.78, 5) is 25.1. The van der Waals surface area contributed by atoms with Gasteiger partial charge < -0.3 is 14.7 Å². The number of hydrogen-bond donors (Lipinski definition) is 1. The highest BCUT2D eigenvalue weighted by Gasteiger charge is 2.29. The number of piperidine rings is 1. The first-order valence-electron chi connectivity index (χ1n) is 7.14. The largest absolute Gasteiger partial charge is 0.481 e. The number of carbonyl (C=O) groups is 2. The van der Waals surface area contributed by atoms with Crippen LogP contribution < -0.4 is 0 Å². The minimum Gasteiger partial charge on any atom is -0.481 e. The van der Waals surface area contributed by atoms with Crippen molar-refractivity contribution in [2.24, 2.45) is 5.92 Å². The maximum Gasteiger partial charge on any atom is 0.307 e. The zero-order valence-electron chi connectivity index (χ0n) is 12.4. The number of carboxylic acid groups (broad SMARTS) is 1. The second kappa shape index (κ2) is 6.72. The van der Waals surface area contributed by atoms with Crippen molar-refractivity contribution in [3.8, 4) is 0 Å². The van der Waals surface area contributed by atoms with E-state index in [1.165, 1.54) is 0 Å². The van der Waals surface area contributed by atoms with E-state index in [4.69, 9.17) is 9.84 Å². The molecule has 0 unspecified atom stereocenters. The van der Waals surface area contributed by atoms with Crippen LogP contribution in [-0.4, -0.2) is 48.2 Å². The van der Waals surface area contributed by atoms with E-state index in [2.05, 4.69) is 6.92 Å². The van der Waals surface area contributed by atoms with Crippen LogP contribution >= 0.6 is 0 Å². The van der Waals surface area contributed by atoms with Gasteiger partial charge in [0, 0.05) is 25.8 Å². The van der Waals surface area contributed by atoms with Gasteiger partial charge in [-0.25, -0.2) is 0 Å². The highest BCUT2D eigenvalue weighted by molar-refractivity contribution is 5.94. The summed E-state index contributed by atoms with van der Waals surface area (Å²) in [5.41, 5.74) is 1.18. The van der Waals surface area contributed by atoms with Crippen LogP contribution in [0.1, 0.15) is 29.3 Å². The van der Waals surface area contributed by atoms with E-state index in [1.807, 2.05) is 0 Å². The molecule has 0 radical (unpaired) electrons. The average Bonchev–Trinajstić information content (AvgIpc) is 2.46. The lowest BCUT2D eigenvalue weighted by molar-refractivity contribution is -0.136. The number of amides is 1. The average molecular weight is 291 g/mol.